The number of ether oxygens (including phenoxy) is 1. The Morgan fingerprint density at radius 1 is 1.25 bits per heavy atom. The summed E-state index contributed by atoms with van der Waals surface area (Å²) in [5.41, 5.74) is 2.52. The number of ketones is 1. The number of hydrogen-bond acceptors (Lipinski definition) is 4. The predicted molar refractivity (Wildman–Crippen MR) is 125 cm³/mol. The van der Waals surface area contributed by atoms with Gasteiger partial charge in [-0.05, 0) is 99.0 Å². The highest BCUT2D eigenvalue weighted by Crippen LogP contribution is 2.61. The molecule has 1 heterocycles. The van der Waals surface area contributed by atoms with Crippen LogP contribution in [0, 0.1) is 23.2 Å². The van der Waals surface area contributed by atoms with Crippen LogP contribution < -0.4 is 10.1 Å². The zero-order valence-corrected chi connectivity index (χ0v) is 19.7. The summed E-state index contributed by atoms with van der Waals surface area (Å²) in [5.74, 6) is 2.23. The van der Waals surface area contributed by atoms with Crippen molar-refractivity contribution >= 4 is 11.7 Å². The Morgan fingerprint density at radius 3 is 2.84 bits per heavy atom. The van der Waals surface area contributed by atoms with Gasteiger partial charge in [-0.25, -0.2) is 0 Å². The number of fused-ring (bicyclic) bond motifs is 5. The van der Waals surface area contributed by atoms with E-state index in [0.717, 1.165) is 51.0 Å². The molecule has 1 amide bonds. The lowest BCUT2D eigenvalue weighted by molar-refractivity contribution is -0.130. The van der Waals surface area contributed by atoms with Gasteiger partial charge in [0.1, 0.15) is 11.5 Å². The maximum Gasteiger partial charge on any atom is 0.223 e. The third-order valence-electron chi connectivity index (χ3n) is 9.09. The highest BCUT2D eigenvalue weighted by atomic mass is 16.5. The molecule has 1 aromatic rings. The number of carbonyl (C=O) groups is 2. The summed E-state index contributed by atoms with van der Waals surface area (Å²) in [6.45, 7) is 6.53. The third kappa shape index (κ3) is 3.76. The van der Waals surface area contributed by atoms with Crippen LogP contribution in [0.4, 0.5) is 0 Å². The van der Waals surface area contributed by atoms with E-state index < -0.39 is 0 Å². The molecule has 1 N–H and O–H groups in total. The zero-order valence-electron chi connectivity index (χ0n) is 19.7. The van der Waals surface area contributed by atoms with Crippen molar-refractivity contribution < 1.29 is 14.3 Å². The molecule has 1 aromatic carbocycles. The third-order valence-corrected chi connectivity index (χ3v) is 9.09. The molecule has 5 atom stereocenters. The first-order valence-electron chi connectivity index (χ1n) is 12.7. The van der Waals surface area contributed by atoms with Crippen molar-refractivity contribution in [1.82, 2.24) is 10.2 Å². The van der Waals surface area contributed by atoms with Gasteiger partial charge < -0.3 is 15.0 Å². The van der Waals surface area contributed by atoms with E-state index in [9.17, 15) is 9.59 Å². The molecule has 3 aliphatic carbocycles. The van der Waals surface area contributed by atoms with Gasteiger partial charge in [0, 0.05) is 31.3 Å². The van der Waals surface area contributed by atoms with Crippen molar-refractivity contribution in [2.45, 2.75) is 64.2 Å². The van der Waals surface area contributed by atoms with Gasteiger partial charge in [0.25, 0.3) is 0 Å². The standard InChI is InChI=1S/C27H38N2O3/c1-27-11-10-21-20-9-7-19(32-15-5-14-29-12-3-4-13-29)16-18(20)6-8-22(21)25(27)23(17-24(27)30)26(31)28-2/h7,9,16,21-23,25H,3-6,8,10-15,17H2,1-2H3,(H,28,31). The fraction of sp³-hybridized carbons (Fsp3) is 0.704. The topological polar surface area (TPSA) is 58.6 Å². The molecule has 5 unspecified atom stereocenters. The molecule has 0 aromatic heterocycles. The number of likely N-dealkylation sites (tertiary alicyclic amines) is 1. The number of benzene rings is 1. The lowest BCUT2D eigenvalue weighted by atomic mass is 9.54. The molecule has 4 aliphatic rings. The van der Waals surface area contributed by atoms with E-state index in [1.165, 1.54) is 37.1 Å². The second kappa shape index (κ2) is 8.81. The average Bonchev–Trinajstić information content (AvgIpc) is 3.42. The summed E-state index contributed by atoms with van der Waals surface area (Å²) in [5, 5.41) is 2.83. The van der Waals surface area contributed by atoms with Crippen LogP contribution in [0.25, 0.3) is 0 Å². The van der Waals surface area contributed by atoms with Gasteiger partial charge in [0.05, 0.1) is 6.61 Å². The maximum atomic E-state index is 12.9. The smallest absolute Gasteiger partial charge is 0.223 e. The van der Waals surface area contributed by atoms with Crippen LogP contribution >= 0.6 is 0 Å². The fourth-order valence-corrected chi connectivity index (χ4v) is 7.45. The first-order valence-corrected chi connectivity index (χ1v) is 12.7. The normalized spacial score (nSPS) is 34.0. The lowest BCUT2D eigenvalue weighted by Crippen LogP contribution is -2.46. The average molecular weight is 439 g/mol. The number of Topliss-reactive ketones (excluding diaryl/α,β-unsaturated/α-hetero) is 1. The van der Waals surface area contributed by atoms with E-state index in [1.54, 1.807) is 7.05 Å². The van der Waals surface area contributed by atoms with E-state index in [2.05, 4.69) is 35.3 Å². The van der Waals surface area contributed by atoms with Gasteiger partial charge in [-0.3, -0.25) is 9.59 Å². The van der Waals surface area contributed by atoms with Gasteiger partial charge >= 0.3 is 0 Å². The number of hydrogen-bond donors (Lipinski definition) is 1. The van der Waals surface area contributed by atoms with Crippen LogP contribution in [0.5, 0.6) is 5.75 Å². The molecule has 1 aliphatic heterocycles. The van der Waals surface area contributed by atoms with Crippen LogP contribution in [-0.4, -0.2) is 49.9 Å². The second-order valence-corrected chi connectivity index (χ2v) is 10.8. The summed E-state index contributed by atoms with van der Waals surface area (Å²) in [6, 6.07) is 6.67. The Hall–Kier alpha value is -1.88. The molecule has 2 saturated carbocycles. The van der Waals surface area contributed by atoms with Crippen molar-refractivity contribution in [3.05, 3.63) is 29.3 Å². The van der Waals surface area contributed by atoms with E-state index in [1.807, 2.05) is 0 Å². The number of rotatable bonds is 6. The minimum atomic E-state index is -0.325. The fourth-order valence-electron chi connectivity index (χ4n) is 7.45. The molecule has 174 valence electrons. The Morgan fingerprint density at radius 2 is 2.06 bits per heavy atom. The van der Waals surface area contributed by atoms with Gasteiger partial charge in [0.2, 0.25) is 5.91 Å². The van der Waals surface area contributed by atoms with Crippen molar-refractivity contribution in [2.24, 2.45) is 23.2 Å². The number of nitrogens with zero attached hydrogens (tertiary/aromatic N) is 1. The number of nitrogens with one attached hydrogen (secondary N) is 1. The molecular weight excluding hydrogens is 400 g/mol. The van der Waals surface area contributed by atoms with Gasteiger partial charge in [-0.2, -0.15) is 0 Å². The molecule has 5 rings (SSSR count). The van der Waals surface area contributed by atoms with E-state index in [4.69, 9.17) is 4.74 Å². The monoisotopic (exact) mass is 438 g/mol. The summed E-state index contributed by atoms with van der Waals surface area (Å²) < 4.78 is 6.11. The van der Waals surface area contributed by atoms with Crippen LogP contribution in [0.2, 0.25) is 0 Å². The van der Waals surface area contributed by atoms with Crippen LogP contribution in [0.15, 0.2) is 18.2 Å². The Labute approximate surface area is 192 Å². The largest absolute Gasteiger partial charge is 0.494 e. The number of amides is 1. The Kier molecular flexibility index (Phi) is 6.04. The molecule has 1 saturated heterocycles. The first-order chi connectivity index (χ1) is 15.5. The van der Waals surface area contributed by atoms with E-state index >= 15 is 0 Å². The molecule has 5 nitrogen and oxygen atoms in total. The van der Waals surface area contributed by atoms with Crippen LogP contribution in [0.3, 0.4) is 0 Å². The van der Waals surface area contributed by atoms with Crippen molar-refractivity contribution in [2.75, 3.05) is 33.3 Å². The highest BCUT2D eigenvalue weighted by molar-refractivity contribution is 5.94. The molecule has 32 heavy (non-hydrogen) atoms. The van der Waals surface area contributed by atoms with Crippen molar-refractivity contribution in [3.8, 4) is 5.75 Å². The molecule has 0 radical (unpaired) electrons. The molecular formula is C27H38N2O3. The number of aryl methyl sites for hydroxylation is 1. The minimum Gasteiger partial charge on any atom is -0.494 e. The van der Waals surface area contributed by atoms with Crippen molar-refractivity contribution in [3.63, 3.8) is 0 Å². The van der Waals surface area contributed by atoms with Gasteiger partial charge in [-0.1, -0.05) is 13.0 Å². The minimum absolute atomic E-state index is 0.0520. The number of carbonyl (C=O) groups excluding carboxylic acids is 2. The van der Waals surface area contributed by atoms with Crippen molar-refractivity contribution in [1.29, 1.82) is 0 Å². The second-order valence-electron chi connectivity index (χ2n) is 10.8. The SMILES string of the molecule is CNC(=O)C1CC(=O)C2(C)CCC3c4ccc(OCCCN5CCCC5)cc4CCC3C12. The van der Waals surface area contributed by atoms with E-state index in [-0.39, 0.29) is 23.2 Å². The summed E-state index contributed by atoms with van der Waals surface area (Å²) in [6.07, 6.45) is 8.21. The molecule has 0 bridgehead atoms. The Balaban J connectivity index is 1.28. The van der Waals surface area contributed by atoms with E-state index in [0.29, 0.717) is 24.0 Å². The lowest BCUT2D eigenvalue weighted by Gasteiger charge is -2.49. The van der Waals surface area contributed by atoms with Crippen LogP contribution in [-0.2, 0) is 16.0 Å². The van der Waals surface area contributed by atoms with Gasteiger partial charge in [0.15, 0.2) is 0 Å². The summed E-state index contributed by atoms with van der Waals surface area (Å²) >= 11 is 0. The maximum absolute atomic E-state index is 12.9. The Bertz CT molecular complexity index is 878. The summed E-state index contributed by atoms with van der Waals surface area (Å²) in [4.78, 5) is 28.1. The predicted octanol–water partition coefficient (Wildman–Crippen LogP) is 3.95. The molecule has 3 fully saturated rings. The highest BCUT2D eigenvalue weighted by Gasteiger charge is 2.60. The van der Waals surface area contributed by atoms with Crippen LogP contribution in [0.1, 0.15) is 68.9 Å². The first kappa shape index (κ1) is 21.9. The summed E-state index contributed by atoms with van der Waals surface area (Å²) in [7, 11) is 1.70. The molecule has 0 spiro atoms. The van der Waals surface area contributed by atoms with Gasteiger partial charge in [-0.15, -0.1) is 0 Å². The quantitative estimate of drug-likeness (QED) is 0.684. The zero-order chi connectivity index (χ0) is 22.3. The molecule has 5 heteroatoms.